The standard InChI is InChI=1S/C124H114BN3Si/c1-81-59-68-109-101(71-81)102-72-82(2)60-69-110(102)126(109)92-64-67-107-112(80-92)128(119-99(86-45-29-20-30-46-86)75-90(76-100(119)87-47-31-21-32-48-87)116-105(123(12,13)14)57-40-58-106(116)124(15,16)17)114-79-91(120(3,4)5)78-113-117(114)125(107)108-77-88(83-61-65-96(66-62-83)129(93-49-33-22-34-50-93,94-51-35-23-36-52-94)95-53-37-24-38-54-95)63-70-111(108)127(113)118-97(84-41-25-18-26-42-84)73-89(74-98(118)85-43-27-19-28-44-85)115-103(121(6,7)8)55-39-56-104(115)122(9,10)11/h18-80H,1-17H3/i1D3,2D3. The summed E-state index contributed by atoms with van der Waals surface area (Å²) < 4.78 is 55.4. The first-order valence-corrected chi connectivity index (χ1v) is 47.7. The molecule has 0 spiro atoms. The second-order valence-electron chi connectivity index (χ2n) is 40.8. The van der Waals surface area contributed by atoms with Crippen LogP contribution in [0.15, 0.2) is 382 Å². The van der Waals surface area contributed by atoms with E-state index in [0.717, 1.165) is 140 Å². The first kappa shape index (κ1) is 76.6. The zero-order valence-electron chi connectivity index (χ0n) is 82.8. The van der Waals surface area contributed by atoms with Gasteiger partial charge in [-0.15, -0.1) is 0 Å². The van der Waals surface area contributed by atoms with Crippen LogP contribution < -0.4 is 46.9 Å². The second-order valence-corrected chi connectivity index (χ2v) is 44.6. The normalized spacial score (nSPS) is 13.8. The molecule has 632 valence electrons. The minimum Gasteiger partial charge on any atom is -0.310 e. The summed E-state index contributed by atoms with van der Waals surface area (Å²) in [4.78, 5) is 5.34. The van der Waals surface area contributed by atoms with Crippen molar-refractivity contribution < 1.29 is 8.22 Å². The van der Waals surface area contributed by atoms with Crippen LogP contribution >= 0.6 is 0 Å². The highest BCUT2D eigenvalue weighted by Gasteiger charge is 2.48. The van der Waals surface area contributed by atoms with E-state index >= 15 is 0 Å². The molecule has 0 unspecified atom stereocenters. The van der Waals surface area contributed by atoms with E-state index in [1.165, 1.54) is 54.1 Å². The highest BCUT2D eigenvalue weighted by Crippen LogP contribution is 2.58. The zero-order chi connectivity index (χ0) is 94.4. The Labute approximate surface area is 774 Å². The van der Waals surface area contributed by atoms with Crippen LogP contribution in [0.5, 0.6) is 0 Å². The van der Waals surface area contributed by atoms with Crippen molar-refractivity contribution in [2.75, 3.05) is 9.80 Å². The van der Waals surface area contributed by atoms with Crippen molar-refractivity contribution in [2.24, 2.45) is 0 Å². The molecule has 0 atom stereocenters. The van der Waals surface area contributed by atoms with Crippen molar-refractivity contribution in [3.63, 3.8) is 0 Å². The van der Waals surface area contributed by atoms with Crippen molar-refractivity contribution in [1.29, 1.82) is 0 Å². The van der Waals surface area contributed by atoms with Crippen molar-refractivity contribution >= 4 is 108 Å². The van der Waals surface area contributed by atoms with Crippen LogP contribution in [0.4, 0.5) is 34.1 Å². The van der Waals surface area contributed by atoms with Gasteiger partial charge in [-0.1, -0.05) is 418 Å². The molecule has 17 aromatic carbocycles. The molecule has 18 aromatic rings. The minimum atomic E-state index is -2.99. The molecule has 0 aliphatic carbocycles. The number of anilines is 6. The van der Waals surface area contributed by atoms with Crippen LogP contribution in [-0.2, 0) is 27.1 Å². The van der Waals surface area contributed by atoms with Crippen LogP contribution in [0, 0.1) is 13.7 Å². The van der Waals surface area contributed by atoms with Crippen LogP contribution in [0.1, 0.15) is 151 Å². The van der Waals surface area contributed by atoms with E-state index in [2.05, 4.69) is 464 Å². The molecule has 0 saturated heterocycles. The molecule has 0 N–H and O–H groups in total. The van der Waals surface area contributed by atoms with Gasteiger partial charge in [0.25, 0.3) is 6.71 Å². The van der Waals surface area contributed by atoms with Gasteiger partial charge in [0, 0.05) is 69.7 Å². The minimum absolute atomic E-state index is 0.169. The smallest absolute Gasteiger partial charge is 0.252 e. The molecular formula is C124H114BN3Si. The van der Waals surface area contributed by atoms with Crippen LogP contribution in [0.3, 0.4) is 0 Å². The number of rotatable bonds is 14. The molecule has 2 aliphatic heterocycles. The number of fused-ring (bicyclic) bond motifs is 7. The maximum Gasteiger partial charge on any atom is 0.252 e. The zero-order valence-corrected chi connectivity index (χ0v) is 77.8. The highest BCUT2D eigenvalue weighted by molar-refractivity contribution is 7.20. The Morgan fingerprint density at radius 2 is 0.605 bits per heavy atom. The predicted octanol–water partition coefficient (Wildman–Crippen LogP) is 29.0. The van der Waals surface area contributed by atoms with Crippen molar-refractivity contribution in [1.82, 2.24) is 4.57 Å². The SMILES string of the molecule is [2H]C([2H])([2H])c1ccc2c(c1)c1cc(C([2H])([2H])[2H])ccc1n2-c1ccc2c(c1)N(c1c(-c3ccccc3)cc(-c3c(C(C)(C)C)cccc3C(C)(C)C)cc1-c1ccccc1)c1cc(C(C)(C)C)cc3c1B2c1cc(-c2ccc([Si](c4ccccc4)(c4ccccc4)c4ccccc4)cc2)ccc1N3c1c(-c2ccccc2)cc(-c2c(C(C)(C)C)cccc2C(C)(C)C)cc1-c1ccccc1. The van der Waals surface area contributed by atoms with Crippen molar-refractivity contribution in [3.05, 3.63) is 421 Å². The number of aryl methyl sites for hydroxylation is 2. The maximum absolute atomic E-state index is 8.86. The number of aromatic nitrogens is 1. The summed E-state index contributed by atoms with van der Waals surface area (Å²) in [6.07, 6.45) is 0. The van der Waals surface area contributed by atoms with Gasteiger partial charge in [0.2, 0.25) is 0 Å². The van der Waals surface area contributed by atoms with Gasteiger partial charge >= 0.3 is 0 Å². The second kappa shape index (κ2) is 32.0. The molecular weight excluding hydrogens is 1570 g/mol. The molecule has 3 heterocycles. The highest BCUT2D eigenvalue weighted by atomic mass is 28.3. The third-order valence-electron chi connectivity index (χ3n) is 27.2. The summed E-state index contributed by atoms with van der Waals surface area (Å²) in [5.74, 6) is 0. The molecule has 0 radical (unpaired) electrons. The molecule has 2 aliphatic rings. The third-order valence-corrected chi connectivity index (χ3v) is 32.0. The summed E-state index contributed by atoms with van der Waals surface area (Å²) in [7, 11) is -2.99. The summed E-state index contributed by atoms with van der Waals surface area (Å²) in [5, 5.41) is 6.47. The Kier molecular flexibility index (Phi) is 19.0. The molecule has 1 aromatic heterocycles. The third kappa shape index (κ3) is 14.6. The summed E-state index contributed by atoms with van der Waals surface area (Å²) in [5.41, 5.74) is 32.0. The lowest BCUT2D eigenvalue weighted by Gasteiger charge is -2.46. The molecule has 5 heteroatoms. The van der Waals surface area contributed by atoms with E-state index in [0.29, 0.717) is 10.8 Å². The summed E-state index contributed by atoms with van der Waals surface area (Å²) in [6, 6.07) is 142. The first-order chi connectivity index (χ1) is 64.4. The largest absolute Gasteiger partial charge is 0.310 e. The Morgan fingerprint density at radius 1 is 0.256 bits per heavy atom. The van der Waals surface area contributed by atoms with Gasteiger partial charge in [-0.2, -0.15) is 0 Å². The van der Waals surface area contributed by atoms with E-state index in [4.69, 9.17) is 8.22 Å². The molecule has 0 saturated carbocycles. The van der Waals surface area contributed by atoms with Crippen LogP contribution in [-0.4, -0.2) is 19.4 Å². The molecule has 0 fully saturated rings. The van der Waals surface area contributed by atoms with Gasteiger partial charge in [-0.25, -0.2) is 0 Å². The van der Waals surface area contributed by atoms with E-state index in [-0.39, 0.29) is 32.8 Å². The molecule has 129 heavy (non-hydrogen) atoms. The van der Waals surface area contributed by atoms with Gasteiger partial charge in [0.1, 0.15) is 0 Å². The average Bonchev–Trinajstić information content (AvgIpc) is 0.973. The molecule has 0 bridgehead atoms. The van der Waals surface area contributed by atoms with E-state index in [9.17, 15) is 0 Å². The topological polar surface area (TPSA) is 11.4 Å². The van der Waals surface area contributed by atoms with Gasteiger partial charge in [0.15, 0.2) is 8.07 Å². The predicted molar refractivity (Wildman–Crippen MR) is 559 cm³/mol. The number of nitrogens with zero attached hydrogens (tertiary/aromatic N) is 3. The summed E-state index contributed by atoms with van der Waals surface area (Å²) in [6.45, 7) is 29.9. The van der Waals surface area contributed by atoms with Gasteiger partial charge in [-0.05, 0) is 240 Å². The Hall–Kier alpha value is -13.6. The molecule has 3 nitrogen and oxygen atoms in total. The van der Waals surface area contributed by atoms with E-state index < -0.39 is 33.9 Å². The van der Waals surface area contributed by atoms with E-state index in [1.807, 2.05) is 12.1 Å². The Balaban J connectivity index is 0.966. The lowest BCUT2D eigenvalue weighted by atomic mass is 9.33. The first-order valence-electron chi connectivity index (χ1n) is 48.7. The van der Waals surface area contributed by atoms with E-state index in [1.54, 1.807) is 24.3 Å². The molecule has 0 amide bonds. The van der Waals surface area contributed by atoms with Crippen LogP contribution in [0.25, 0.3) is 105 Å². The van der Waals surface area contributed by atoms with Crippen molar-refractivity contribution in [2.45, 2.75) is 145 Å². The average molecular weight is 1690 g/mol. The van der Waals surface area contributed by atoms with Gasteiger partial charge in [0.05, 0.1) is 22.4 Å². The quantitative estimate of drug-likeness (QED) is 0.0794. The fourth-order valence-corrected chi connectivity index (χ4v) is 25.9. The summed E-state index contributed by atoms with van der Waals surface area (Å²) >= 11 is 0. The van der Waals surface area contributed by atoms with Crippen molar-refractivity contribution in [3.8, 4) is 83.6 Å². The van der Waals surface area contributed by atoms with Gasteiger partial charge in [-0.3, -0.25) is 0 Å². The Bertz CT molecular complexity index is 7250. The van der Waals surface area contributed by atoms with Gasteiger partial charge < -0.3 is 14.4 Å². The number of hydrogen-bond acceptors (Lipinski definition) is 2. The fraction of sp³-hybridized carbons (Fsp3) is 0.177. The lowest BCUT2D eigenvalue weighted by Crippen LogP contribution is -2.74. The fourth-order valence-electron chi connectivity index (χ4n) is 21.1. The molecule has 20 rings (SSSR count). The monoisotopic (exact) mass is 1690 g/mol. The number of benzene rings is 17. The lowest BCUT2D eigenvalue weighted by molar-refractivity contribution is 0.571. The Morgan fingerprint density at radius 3 is 0.961 bits per heavy atom. The number of hydrogen-bond donors (Lipinski definition) is 0. The maximum atomic E-state index is 8.86. The van der Waals surface area contributed by atoms with Crippen LogP contribution in [0.2, 0.25) is 0 Å².